The molecule has 2 nitrogen and oxygen atoms in total. The average molecular weight is 149 g/mol. The molecule has 58 valence electrons. The van der Waals surface area contributed by atoms with Crippen LogP contribution < -0.4 is 5.73 Å². The molecule has 0 radical (unpaired) electrons. The molecule has 0 saturated carbocycles. The van der Waals surface area contributed by atoms with Crippen LogP contribution in [0.15, 0.2) is 49.1 Å². The summed E-state index contributed by atoms with van der Waals surface area (Å²) in [6.45, 7) is 7.12. The van der Waals surface area contributed by atoms with Crippen LogP contribution in [0.2, 0.25) is 0 Å². The zero-order chi connectivity index (χ0) is 8.69. The number of hydrogen-bond acceptors (Lipinski definition) is 1. The highest BCUT2D eigenvalue weighted by Crippen LogP contribution is 1.94. The van der Waals surface area contributed by atoms with Gasteiger partial charge in [0.15, 0.2) is 0 Å². The second-order valence-electron chi connectivity index (χ2n) is 1.91. The van der Waals surface area contributed by atoms with Crippen molar-refractivity contribution < 1.29 is 4.79 Å². The lowest BCUT2D eigenvalue weighted by Crippen LogP contribution is -2.05. The van der Waals surface area contributed by atoms with E-state index in [1.807, 2.05) is 0 Å². The lowest BCUT2D eigenvalue weighted by Gasteiger charge is -1.85. The minimum Gasteiger partial charge on any atom is -0.366 e. The summed E-state index contributed by atoms with van der Waals surface area (Å²) in [6.07, 6.45) is 7.89. The van der Waals surface area contributed by atoms with E-state index in [1.54, 1.807) is 24.3 Å². The summed E-state index contributed by atoms with van der Waals surface area (Å²) < 4.78 is 0. The molecule has 0 aliphatic heterocycles. The molecule has 0 fully saturated rings. The van der Waals surface area contributed by atoms with Gasteiger partial charge in [-0.25, -0.2) is 0 Å². The maximum absolute atomic E-state index is 10.2. The number of nitrogens with two attached hydrogens (primary N) is 1. The highest BCUT2D eigenvalue weighted by molar-refractivity contribution is 5.86. The van der Waals surface area contributed by atoms with Crippen LogP contribution in [-0.4, -0.2) is 5.91 Å². The Balaban J connectivity index is 3.97. The number of carbonyl (C=O) groups excluding carboxylic acids is 1. The molecule has 0 bridgehead atoms. The Morgan fingerprint density at radius 3 is 2.36 bits per heavy atom. The monoisotopic (exact) mass is 149 g/mol. The Morgan fingerprint density at radius 2 is 1.91 bits per heavy atom. The molecule has 0 heterocycles. The van der Waals surface area contributed by atoms with Gasteiger partial charge in [-0.05, 0) is 5.57 Å². The molecule has 0 aliphatic carbocycles. The molecule has 2 heteroatoms. The number of rotatable bonds is 4. The van der Waals surface area contributed by atoms with Crippen LogP contribution in [0.3, 0.4) is 0 Å². The van der Waals surface area contributed by atoms with E-state index < -0.39 is 5.91 Å². The van der Waals surface area contributed by atoms with Gasteiger partial charge >= 0.3 is 0 Å². The quantitative estimate of drug-likeness (QED) is 0.475. The summed E-state index contributed by atoms with van der Waals surface area (Å²) in [7, 11) is 0. The van der Waals surface area contributed by atoms with Gasteiger partial charge < -0.3 is 5.73 Å². The molecular weight excluding hydrogens is 138 g/mol. The van der Waals surface area contributed by atoms with Crippen molar-refractivity contribution in [3.8, 4) is 0 Å². The highest BCUT2D eigenvalue weighted by atomic mass is 16.1. The Kier molecular flexibility index (Phi) is 4.49. The second kappa shape index (κ2) is 5.23. The minimum absolute atomic E-state index is 0.474. The molecule has 0 unspecified atom stereocenters. The molecule has 0 spiro atoms. The van der Waals surface area contributed by atoms with Crippen molar-refractivity contribution in [2.24, 2.45) is 5.73 Å². The molecule has 0 aromatic heterocycles. The smallest absolute Gasteiger partial charge is 0.241 e. The van der Waals surface area contributed by atoms with E-state index in [2.05, 4.69) is 13.2 Å². The number of hydrogen-bond donors (Lipinski definition) is 1. The largest absolute Gasteiger partial charge is 0.366 e. The van der Waals surface area contributed by atoms with Gasteiger partial charge in [-0.3, -0.25) is 4.79 Å². The maximum Gasteiger partial charge on any atom is 0.241 e. The molecule has 0 aromatic rings. The zero-order valence-electron chi connectivity index (χ0n) is 6.29. The molecule has 0 atom stereocenters. The predicted molar refractivity (Wildman–Crippen MR) is 46.8 cm³/mol. The molecule has 0 aliphatic rings. The van der Waals surface area contributed by atoms with Crippen LogP contribution in [0.25, 0.3) is 0 Å². The molecule has 1 amide bonds. The van der Waals surface area contributed by atoms with Crippen LogP contribution in [0.4, 0.5) is 0 Å². The zero-order valence-corrected chi connectivity index (χ0v) is 6.29. The topological polar surface area (TPSA) is 43.1 Å². The van der Waals surface area contributed by atoms with Gasteiger partial charge in [-0.2, -0.15) is 0 Å². The van der Waals surface area contributed by atoms with E-state index in [0.717, 1.165) is 0 Å². The first kappa shape index (κ1) is 9.43. The fourth-order valence-electron chi connectivity index (χ4n) is 0.436. The highest BCUT2D eigenvalue weighted by Gasteiger charge is 1.82. The summed E-state index contributed by atoms with van der Waals surface area (Å²) in [6, 6.07) is 0. The van der Waals surface area contributed by atoms with Crippen molar-refractivity contribution in [2.45, 2.75) is 0 Å². The molecule has 0 rings (SSSR count). The van der Waals surface area contributed by atoms with E-state index in [9.17, 15) is 4.79 Å². The van der Waals surface area contributed by atoms with Gasteiger partial charge in [0.2, 0.25) is 5.91 Å². The van der Waals surface area contributed by atoms with Crippen molar-refractivity contribution >= 4 is 5.91 Å². The predicted octanol–water partition coefficient (Wildman–Crippen LogP) is 1.33. The number of amides is 1. The SMILES string of the molecule is C=C/C=C\C(=C)/C=C/C(N)=O. The molecule has 0 saturated heterocycles. The van der Waals surface area contributed by atoms with E-state index in [4.69, 9.17) is 5.73 Å². The first-order chi connectivity index (χ1) is 5.16. The van der Waals surface area contributed by atoms with Gasteiger partial charge in [-0.15, -0.1) is 0 Å². The summed E-state index contributed by atoms with van der Waals surface area (Å²) in [5, 5.41) is 0. The molecule has 11 heavy (non-hydrogen) atoms. The van der Waals surface area contributed by atoms with E-state index in [1.165, 1.54) is 6.08 Å². The van der Waals surface area contributed by atoms with Crippen LogP contribution >= 0.6 is 0 Å². The molecule has 2 N–H and O–H groups in total. The number of primary amides is 1. The lowest BCUT2D eigenvalue weighted by atomic mass is 10.2. The fourth-order valence-corrected chi connectivity index (χ4v) is 0.436. The van der Waals surface area contributed by atoms with Gasteiger partial charge in [-0.1, -0.05) is 37.5 Å². The molecular formula is C9H11NO. The normalized spacial score (nSPS) is 10.5. The third-order valence-corrected chi connectivity index (χ3v) is 0.908. The van der Waals surface area contributed by atoms with Crippen molar-refractivity contribution in [3.05, 3.63) is 49.1 Å². The van der Waals surface area contributed by atoms with Crippen molar-refractivity contribution in [2.75, 3.05) is 0 Å². The van der Waals surface area contributed by atoms with Crippen molar-refractivity contribution in [3.63, 3.8) is 0 Å². The summed E-state index contributed by atoms with van der Waals surface area (Å²) >= 11 is 0. The first-order valence-electron chi connectivity index (χ1n) is 3.12. The van der Waals surface area contributed by atoms with Gasteiger partial charge in [0, 0.05) is 6.08 Å². The van der Waals surface area contributed by atoms with E-state index in [0.29, 0.717) is 5.57 Å². The number of carbonyl (C=O) groups is 1. The second-order valence-corrected chi connectivity index (χ2v) is 1.91. The lowest BCUT2D eigenvalue weighted by molar-refractivity contribution is -0.113. The molecule has 0 aromatic carbocycles. The minimum atomic E-state index is -0.474. The Labute approximate surface area is 66.4 Å². The van der Waals surface area contributed by atoms with Crippen LogP contribution in [0, 0.1) is 0 Å². The average Bonchev–Trinajstić information content (AvgIpc) is 1.97. The van der Waals surface area contributed by atoms with E-state index in [-0.39, 0.29) is 0 Å². The van der Waals surface area contributed by atoms with Crippen molar-refractivity contribution in [1.29, 1.82) is 0 Å². The van der Waals surface area contributed by atoms with Gasteiger partial charge in [0.05, 0.1) is 0 Å². The number of allylic oxidation sites excluding steroid dienone is 5. The van der Waals surface area contributed by atoms with Crippen molar-refractivity contribution in [1.82, 2.24) is 0 Å². The summed E-state index contributed by atoms with van der Waals surface area (Å²) in [5.74, 6) is -0.474. The summed E-state index contributed by atoms with van der Waals surface area (Å²) in [5.41, 5.74) is 5.57. The Morgan fingerprint density at radius 1 is 1.27 bits per heavy atom. The Hall–Kier alpha value is -1.57. The maximum atomic E-state index is 10.2. The fraction of sp³-hybridized carbons (Fsp3) is 0. The third kappa shape index (κ3) is 6.31. The summed E-state index contributed by atoms with van der Waals surface area (Å²) in [4.78, 5) is 10.2. The van der Waals surface area contributed by atoms with Gasteiger partial charge in [0.25, 0.3) is 0 Å². The third-order valence-electron chi connectivity index (χ3n) is 0.908. The van der Waals surface area contributed by atoms with Crippen LogP contribution in [0.1, 0.15) is 0 Å². The Bertz CT molecular complexity index is 224. The van der Waals surface area contributed by atoms with E-state index >= 15 is 0 Å². The van der Waals surface area contributed by atoms with Crippen LogP contribution in [-0.2, 0) is 4.79 Å². The first-order valence-corrected chi connectivity index (χ1v) is 3.12. The van der Waals surface area contributed by atoms with Gasteiger partial charge in [0.1, 0.15) is 0 Å². The standard InChI is InChI=1S/C9H11NO/c1-3-4-5-8(2)6-7-9(10)11/h3-7H,1-2H2,(H2,10,11)/b5-4-,7-6+. The van der Waals surface area contributed by atoms with Crippen LogP contribution in [0.5, 0.6) is 0 Å².